The number of likely N-dealkylation sites (tertiary alicyclic amines) is 2. The molecule has 2 rings (SSSR count). The maximum atomic E-state index is 12.9. The molecule has 0 aliphatic carbocycles. The van der Waals surface area contributed by atoms with E-state index < -0.39 is 36.3 Å². The quantitative estimate of drug-likeness (QED) is 0.0706. The number of nitrogens with zero attached hydrogens (tertiary/aromatic N) is 2. The van der Waals surface area contributed by atoms with E-state index in [4.69, 9.17) is 29.2 Å². The summed E-state index contributed by atoms with van der Waals surface area (Å²) in [7, 11) is 0. The van der Waals surface area contributed by atoms with Crippen molar-refractivity contribution >= 4 is 24.1 Å². The maximum absolute atomic E-state index is 12.9. The van der Waals surface area contributed by atoms with Crippen LogP contribution in [0.4, 0.5) is 9.59 Å². The van der Waals surface area contributed by atoms with E-state index in [1.807, 2.05) is 0 Å². The number of rotatable bonds is 31. The van der Waals surface area contributed by atoms with E-state index in [-0.39, 0.29) is 26.1 Å². The van der Waals surface area contributed by atoms with Gasteiger partial charge in [-0.1, -0.05) is 38.5 Å². The molecule has 0 aromatic rings. The Bertz CT molecular complexity index is 843. The lowest BCUT2D eigenvalue weighted by molar-refractivity contribution is -0.138. The predicted molar refractivity (Wildman–Crippen MR) is 189 cm³/mol. The fourth-order valence-electron chi connectivity index (χ4n) is 6.21. The lowest BCUT2D eigenvalue weighted by atomic mass is 10.1. The Kier molecular flexibility index (Phi) is 25.2. The SMILES string of the molecule is O=C(O)CCCCCCCOCC(OC(=O)NCCCN1CCCC1)C(COCCCCCCCC(=O)O)OC(=O)NCCCN1CCCC1. The van der Waals surface area contributed by atoms with E-state index in [2.05, 4.69) is 20.4 Å². The van der Waals surface area contributed by atoms with Gasteiger partial charge in [0, 0.05) is 39.1 Å². The Balaban J connectivity index is 1.89. The third-order valence-corrected chi connectivity index (χ3v) is 9.09. The van der Waals surface area contributed by atoms with Crippen LogP contribution in [0.25, 0.3) is 0 Å². The summed E-state index contributed by atoms with van der Waals surface area (Å²) in [4.78, 5) is 52.1. The highest BCUT2D eigenvalue weighted by molar-refractivity contribution is 5.68. The topological polar surface area (TPSA) is 176 Å². The molecule has 2 aliphatic heterocycles. The van der Waals surface area contributed by atoms with Gasteiger partial charge in [-0.2, -0.15) is 0 Å². The minimum atomic E-state index is -0.893. The van der Waals surface area contributed by atoms with Crippen LogP contribution in [0.3, 0.4) is 0 Å². The highest BCUT2D eigenvalue weighted by Gasteiger charge is 2.30. The van der Waals surface area contributed by atoms with Gasteiger partial charge in [-0.25, -0.2) is 9.59 Å². The third-order valence-electron chi connectivity index (χ3n) is 9.09. The molecule has 2 unspecified atom stereocenters. The average molecular weight is 715 g/mol. The molecular formula is C36H66N4O10. The van der Waals surface area contributed by atoms with E-state index in [1.165, 1.54) is 25.7 Å². The molecule has 4 N–H and O–H groups in total. The first-order chi connectivity index (χ1) is 24.3. The van der Waals surface area contributed by atoms with Crippen molar-refractivity contribution in [2.75, 3.05) is 78.8 Å². The fraction of sp³-hybridized carbons (Fsp3) is 0.889. The van der Waals surface area contributed by atoms with Crippen molar-refractivity contribution in [3.8, 4) is 0 Å². The summed E-state index contributed by atoms with van der Waals surface area (Å²) in [6, 6.07) is 0. The zero-order chi connectivity index (χ0) is 36.1. The number of carboxylic acids is 2. The van der Waals surface area contributed by atoms with Gasteiger partial charge in [-0.15, -0.1) is 0 Å². The molecule has 0 bridgehead atoms. The van der Waals surface area contributed by atoms with Gasteiger partial charge in [0.25, 0.3) is 0 Å². The summed E-state index contributed by atoms with van der Waals surface area (Å²) in [5, 5.41) is 23.3. The number of ether oxygens (including phenoxy) is 4. The first kappa shape index (κ1) is 43.5. The molecule has 290 valence electrons. The van der Waals surface area contributed by atoms with Gasteiger partial charge in [-0.3, -0.25) is 9.59 Å². The van der Waals surface area contributed by atoms with Crippen LogP contribution in [-0.4, -0.2) is 135 Å². The molecule has 50 heavy (non-hydrogen) atoms. The standard InChI is InChI=1S/C36H66N4O10/c41-33(42)17-7-3-1-5-13-27-47-29-31(49-35(45)37-19-15-25-39-21-9-10-22-39)32(30-48-28-14-6-2-4-8-18-34(43)44)50-36(46)38-20-16-26-40-23-11-12-24-40/h31-32H,1-30H2,(H,37,45)(H,38,46)(H,41,42)(H,43,44). The van der Waals surface area contributed by atoms with E-state index in [0.29, 0.717) is 39.1 Å². The summed E-state index contributed by atoms with van der Waals surface area (Å²) in [6.07, 6.45) is 12.0. The predicted octanol–water partition coefficient (Wildman–Crippen LogP) is 5.03. The molecule has 2 aliphatic rings. The van der Waals surface area contributed by atoms with Gasteiger partial charge in [0.1, 0.15) is 0 Å². The minimum Gasteiger partial charge on any atom is -0.481 e. The van der Waals surface area contributed by atoms with Crippen LogP contribution in [0.1, 0.15) is 116 Å². The van der Waals surface area contributed by atoms with Crippen LogP contribution in [0, 0.1) is 0 Å². The molecule has 2 fully saturated rings. The van der Waals surface area contributed by atoms with Gasteiger partial charge in [0.2, 0.25) is 0 Å². The Labute approximate surface area is 299 Å². The number of unbranched alkanes of at least 4 members (excludes halogenated alkanes) is 8. The largest absolute Gasteiger partial charge is 0.481 e. The zero-order valence-corrected chi connectivity index (χ0v) is 30.4. The molecule has 2 heterocycles. The van der Waals surface area contributed by atoms with Crippen molar-refractivity contribution in [1.82, 2.24) is 20.4 Å². The summed E-state index contributed by atoms with van der Waals surface area (Å²) < 4.78 is 23.5. The van der Waals surface area contributed by atoms with Crippen LogP contribution < -0.4 is 10.6 Å². The molecule has 0 aromatic heterocycles. The van der Waals surface area contributed by atoms with Crippen molar-refractivity contribution in [1.29, 1.82) is 0 Å². The summed E-state index contributed by atoms with van der Waals surface area (Å²) >= 11 is 0. The molecule has 14 nitrogen and oxygen atoms in total. The lowest BCUT2D eigenvalue weighted by Gasteiger charge is -2.27. The van der Waals surface area contributed by atoms with Crippen LogP contribution in [0.15, 0.2) is 0 Å². The van der Waals surface area contributed by atoms with Gasteiger partial charge in [-0.05, 0) is 103 Å². The third kappa shape index (κ3) is 23.7. The smallest absolute Gasteiger partial charge is 0.407 e. The van der Waals surface area contributed by atoms with Crippen molar-refractivity contribution in [3.63, 3.8) is 0 Å². The average Bonchev–Trinajstić information content (AvgIpc) is 3.81. The van der Waals surface area contributed by atoms with Gasteiger partial charge < -0.3 is 49.6 Å². The van der Waals surface area contributed by atoms with E-state index in [9.17, 15) is 19.2 Å². The number of hydrogen-bond donors (Lipinski definition) is 4. The van der Waals surface area contributed by atoms with Gasteiger partial charge >= 0.3 is 24.1 Å². The van der Waals surface area contributed by atoms with E-state index >= 15 is 0 Å². The second-order valence-corrected chi connectivity index (χ2v) is 13.5. The van der Waals surface area contributed by atoms with Gasteiger partial charge in [0.15, 0.2) is 12.2 Å². The molecule has 0 saturated carbocycles. The van der Waals surface area contributed by atoms with E-state index in [0.717, 1.165) is 103 Å². The number of carbonyl (C=O) groups excluding carboxylic acids is 2. The molecule has 14 heteroatoms. The van der Waals surface area contributed by atoms with Crippen molar-refractivity contribution < 1.29 is 48.3 Å². The molecular weight excluding hydrogens is 648 g/mol. The fourth-order valence-corrected chi connectivity index (χ4v) is 6.21. The van der Waals surface area contributed by atoms with Gasteiger partial charge in [0.05, 0.1) is 13.2 Å². The monoisotopic (exact) mass is 714 g/mol. The number of carboxylic acid groups (broad SMARTS) is 2. The number of amides is 2. The lowest BCUT2D eigenvalue weighted by Crippen LogP contribution is -2.45. The second kappa shape index (κ2) is 29.0. The minimum absolute atomic E-state index is 0.0278. The first-order valence-electron chi connectivity index (χ1n) is 19.3. The summed E-state index contributed by atoms with van der Waals surface area (Å²) in [5.74, 6) is -1.56. The number of alkyl carbamates (subject to hydrolysis) is 2. The Morgan fingerprint density at radius 3 is 1.26 bits per heavy atom. The zero-order valence-electron chi connectivity index (χ0n) is 30.4. The molecule has 2 atom stereocenters. The Hall–Kier alpha value is -2.68. The number of hydrogen-bond acceptors (Lipinski definition) is 10. The first-order valence-corrected chi connectivity index (χ1v) is 19.3. The van der Waals surface area contributed by atoms with Crippen molar-refractivity contribution in [3.05, 3.63) is 0 Å². The van der Waals surface area contributed by atoms with Crippen LogP contribution in [-0.2, 0) is 28.5 Å². The Morgan fingerprint density at radius 1 is 0.520 bits per heavy atom. The van der Waals surface area contributed by atoms with Crippen molar-refractivity contribution in [2.45, 2.75) is 128 Å². The number of aliphatic carboxylic acids is 2. The number of carbonyl (C=O) groups is 4. The van der Waals surface area contributed by atoms with E-state index in [1.54, 1.807) is 0 Å². The normalized spacial score (nSPS) is 16.2. The molecule has 2 amide bonds. The van der Waals surface area contributed by atoms with Crippen LogP contribution >= 0.6 is 0 Å². The van der Waals surface area contributed by atoms with Crippen molar-refractivity contribution in [2.24, 2.45) is 0 Å². The summed E-state index contributed by atoms with van der Waals surface area (Å²) in [5.41, 5.74) is 0. The highest BCUT2D eigenvalue weighted by atomic mass is 16.6. The summed E-state index contributed by atoms with van der Waals surface area (Å²) in [6.45, 7) is 8.05. The molecule has 0 radical (unpaired) electrons. The molecule has 2 saturated heterocycles. The van der Waals surface area contributed by atoms with Crippen LogP contribution in [0.5, 0.6) is 0 Å². The van der Waals surface area contributed by atoms with Crippen LogP contribution in [0.2, 0.25) is 0 Å². The Morgan fingerprint density at radius 2 is 0.880 bits per heavy atom. The molecule has 0 spiro atoms. The second-order valence-electron chi connectivity index (χ2n) is 13.5. The number of nitrogens with one attached hydrogen (secondary N) is 2. The maximum Gasteiger partial charge on any atom is 0.407 e. The molecule has 0 aromatic carbocycles. The highest BCUT2D eigenvalue weighted by Crippen LogP contribution is 2.13.